The van der Waals surface area contributed by atoms with Crippen LogP contribution in [-0.2, 0) is 0 Å². The highest BCUT2D eigenvalue weighted by molar-refractivity contribution is 9.10. The molecule has 1 aromatic carbocycles. The fourth-order valence-corrected chi connectivity index (χ4v) is 2.77. The minimum atomic E-state index is -0.875. The molecule has 0 atom stereocenters. The van der Waals surface area contributed by atoms with E-state index in [1.807, 2.05) is 6.07 Å². The van der Waals surface area contributed by atoms with E-state index < -0.39 is 5.97 Å². The molecule has 4 nitrogen and oxygen atoms in total. The quantitative estimate of drug-likeness (QED) is 0.732. The van der Waals surface area contributed by atoms with Crippen LogP contribution in [0.4, 0.5) is 5.69 Å². The smallest absolute Gasteiger partial charge is 0.337 e. The van der Waals surface area contributed by atoms with Crippen LogP contribution in [0, 0.1) is 0 Å². The average Bonchev–Trinajstić information content (AvgIpc) is 2.47. The highest BCUT2D eigenvalue weighted by Gasteiger charge is 2.15. The number of hydrogen-bond donors (Lipinski definition) is 1. The summed E-state index contributed by atoms with van der Waals surface area (Å²) in [5.41, 5.74) is 1.15. The van der Waals surface area contributed by atoms with Gasteiger partial charge in [0.15, 0.2) is 0 Å². The minimum absolute atomic E-state index is 0.364. The van der Waals surface area contributed by atoms with Crippen LogP contribution < -0.4 is 4.90 Å². The number of carbonyl (C=O) groups is 1. The van der Waals surface area contributed by atoms with E-state index in [4.69, 9.17) is 0 Å². The first kappa shape index (κ1) is 18.0. The summed E-state index contributed by atoms with van der Waals surface area (Å²) in [6.07, 6.45) is 1.03. The van der Waals surface area contributed by atoms with Crippen molar-refractivity contribution < 1.29 is 9.90 Å². The van der Waals surface area contributed by atoms with Gasteiger partial charge in [0, 0.05) is 17.6 Å². The Morgan fingerprint density at radius 1 is 1.14 bits per heavy atom. The summed E-state index contributed by atoms with van der Waals surface area (Å²) in [4.78, 5) is 15.9. The first-order chi connectivity index (χ1) is 10.0. The topological polar surface area (TPSA) is 43.8 Å². The van der Waals surface area contributed by atoms with Crippen LogP contribution in [-0.4, -0.2) is 48.7 Å². The number of carboxylic acid groups (broad SMARTS) is 1. The Morgan fingerprint density at radius 2 is 1.81 bits per heavy atom. The largest absolute Gasteiger partial charge is 0.478 e. The Morgan fingerprint density at radius 3 is 2.33 bits per heavy atom. The summed E-state index contributed by atoms with van der Waals surface area (Å²) in [7, 11) is 0. The van der Waals surface area contributed by atoms with Gasteiger partial charge in [-0.3, -0.25) is 0 Å². The molecule has 0 spiro atoms. The number of nitrogens with zero attached hydrogens (tertiary/aromatic N) is 2. The number of anilines is 1. The number of halogens is 1. The summed E-state index contributed by atoms with van der Waals surface area (Å²) >= 11 is 3.43. The Balaban J connectivity index is 2.80. The van der Waals surface area contributed by atoms with E-state index >= 15 is 0 Å². The van der Waals surface area contributed by atoms with E-state index in [1.165, 1.54) is 0 Å². The van der Waals surface area contributed by atoms with Gasteiger partial charge >= 0.3 is 5.97 Å². The van der Waals surface area contributed by atoms with Gasteiger partial charge in [-0.1, -0.05) is 29.8 Å². The normalized spacial score (nSPS) is 10.9. The molecule has 118 valence electrons. The third-order valence-corrected chi connectivity index (χ3v) is 4.20. The fourth-order valence-electron chi connectivity index (χ4n) is 2.42. The molecule has 0 heterocycles. The number of hydrogen-bond acceptors (Lipinski definition) is 3. The molecule has 21 heavy (non-hydrogen) atoms. The molecule has 0 amide bonds. The van der Waals surface area contributed by atoms with Gasteiger partial charge in [-0.2, -0.15) is 0 Å². The van der Waals surface area contributed by atoms with Gasteiger partial charge in [0.05, 0.1) is 11.3 Å². The van der Waals surface area contributed by atoms with Crippen LogP contribution in [0.1, 0.15) is 37.6 Å². The first-order valence-electron chi connectivity index (χ1n) is 7.53. The van der Waals surface area contributed by atoms with Crippen LogP contribution in [0.5, 0.6) is 0 Å². The molecule has 5 heteroatoms. The summed E-state index contributed by atoms with van der Waals surface area (Å²) < 4.78 is 0.907. The van der Waals surface area contributed by atoms with Crippen molar-refractivity contribution in [3.8, 4) is 0 Å². The number of rotatable bonds is 9. The summed E-state index contributed by atoms with van der Waals surface area (Å²) in [6.45, 7) is 11.2. The van der Waals surface area contributed by atoms with Gasteiger partial charge < -0.3 is 14.9 Å². The summed E-state index contributed by atoms with van der Waals surface area (Å²) in [6, 6.07) is 5.33. The minimum Gasteiger partial charge on any atom is -0.478 e. The van der Waals surface area contributed by atoms with Crippen molar-refractivity contribution in [2.45, 2.75) is 27.2 Å². The van der Waals surface area contributed by atoms with Crippen LogP contribution in [0.2, 0.25) is 0 Å². The Hall–Kier alpha value is -1.07. The molecule has 0 aliphatic rings. The predicted molar refractivity (Wildman–Crippen MR) is 91.4 cm³/mol. The lowest BCUT2D eigenvalue weighted by atomic mass is 10.1. The third-order valence-electron chi connectivity index (χ3n) is 3.71. The number of benzene rings is 1. The molecule has 1 rings (SSSR count). The molecule has 0 aromatic heterocycles. The lowest BCUT2D eigenvalue weighted by molar-refractivity contribution is 0.0697. The molecule has 0 bridgehead atoms. The second kappa shape index (κ2) is 9.05. The molecule has 0 radical (unpaired) electrons. The molecule has 0 fully saturated rings. The standard InChI is InChI=1S/C16H25BrN2O2/c1-4-18(5-2)10-7-11-19(6-3)15-12-13(17)8-9-14(15)16(20)21/h8-9,12H,4-7,10-11H2,1-3H3,(H,20,21). The molecule has 0 saturated heterocycles. The molecular weight excluding hydrogens is 332 g/mol. The number of carboxylic acids is 1. The molecular formula is C16H25BrN2O2. The van der Waals surface area contributed by atoms with Crippen LogP contribution >= 0.6 is 15.9 Å². The van der Waals surface area contributed by atoms with E-state index in [9.17, 15) is 9.90 Å². The Bertz CT molecular complexity index is 462. The lowest BCUT2D eigenvalue weighted by Crippen LogP contribution is -2.30. The maximum absolute atomic E-state index is 11.4. The molecule has 1 aromatic rings. The van der Waals surface area contributed by atoms with E-state index in [2.05, 4.69) is 46.5 Å². The first-order valence-corrected chi connectivity index (χ1v) is 8.32. The van der Waals surface area contributed by atoms with Crippen molar-refractivity contribution in [1.29, 1.82) is 0 Å². The van der Waals surface area contributed by atoms with Crippen molar-refractivity contribution in [3.63, 3.8) is 0 Å². The molecule has 0 aliphatic heterocycles. The van der Waals surface area contributed by atoms with Crippen LogP contribution in [0.3, 0.4) is 0 Å². The maximum atomic E-state index is 11.4. The zero-order chi connectivity index (χ0) is 15.8. The zero-order valence-corrected chi connectivity index (χ0v) is 14.7. The zero-order valence-electron chi connectivity index (χ0n) is 13.1. The van der Waals surface area contributed by atoms with E-state index in [1.54, 1.807) is 12.1 Å². The molecule has 0 unspecified atom stereocenters. The summed E-state index contributed by atoms with van der Waals surface area (Å²) in [5.74, 6) is -0.875. The molecule has 0 aliphatic carbocycles. The van der Waals surface area contributed by atoms with Crippen molar-refractivity contribution in [3.05, 3.63) is 28.2 Å². The van der Waals surface area contributed by atoms with E-state index in [0.29, 0.717) is 5.56 Å². The predicted octanol–water partition coefficient (Wildman–Crippen LogP) is 3.71. The fraction of sp³-hybridized carbons (Fsp3) is 0.562. The van der Waals surface area contributed by atoms with Crippen molar-refractivity contribution in [2.75, 3.05) is 37.6 Å². The monoisotopic (exact) mass is 356 g/mol. The van der Waals surface area contributed by atoms with Crippen molar-refractivity contribution in [2.24, 2.45) is 0 Å². The van der Waals surface area contributed by atoms with Gasteiger partial charge in [-0.25, -0.2) is 4.79 Å². The van der Waals surface area contributed by atoms with Crippen molar-refractivity contribution in [1.82, 2.24) is 4.90 Å². The van der Waals surface area contributed by atoms with Crippen molar-refractivity contribution >= 4 is 27.6 Å². The molecule has 1 N–H and O–H groups in total. The number of aromatic carboxylic acids is 1. The molecule has 0 saturated carbocycles. The highest BCUT2D eigenvalue weighted by Crippen LogP contribution is 2.25. The average molecular weight is 357 g/mol. The lowest BCUT2D eigenvalue weighted by Gasteiger charge is -2.26. The Labute approximate surface area is 135 Å². The van der Waals surface area contributed by atoms with Gasteiger partial charge in [0.2, 0.25) is 0 Å². The Kier molecular flexibility index (Phi) is 7.75. The van der Waals surface area contributed by atoms with Gasteiger partial charge in [-0.15, -0.1) is 0 Å². The highest BCUT2D eigenvalue weighted by atomic mass is 79.9. The maximum Gasteiger partial charge on any atom is 0.337 e. The van der Waals surface area contributed by atoms with Gasteiger partial charge in [0.1, 0.15) is 0 Å². The third kappa shape index (κ3) is 5.32. The SMILES string of the molecule is CCN(CC)CCCN(CC)c1cc(Br)ccc1C(=O)O. The summed E-state index contributed by atoms with van der Waals surface area (Å²) in [5, 5.41) is 9.34. The van der Waals surface area contributed by atoms with Gasteiger partial charge in [-0.05, 0) is 51.2 Å². The van der Waals surface area contributed by atoms with Crippen LogP contribution in [0.15, 0.2) is 22.7 Å². The van der Waals surface area contributed by atoms with E-state index in [-0.39, 0.29) is 0 Å². The van der Waals surface area contributed by atoms with Crippen LogP contribution in [0.25, 0.3) is 0 Å². The second-order valence-electron chi connectivity index (χ2n) is 4.93. The van der Waals surface area contributed by atoms with E-state index in [0.717, 1.165) is 49.3 Å². The second-order valence-corrected chi connectivity index (χ2v) is 5.84. The van der Waals surface area contributed by atoms with Gasteiger partial charge in [0.25, 0.3) is 0 Å².